The van der Waals surface area contributed by atoms with Gasteiger partial charge in [-0.25, -0.2) is 8.42 Å². The third kappa shape index (κ3) is 4.53. The smallest absolute Gasteiger partial charge is 0.271 e. The molecule has 126 valence electrons. The van der Waals surface area contributed by atoms with E-state index < -0.39 is 20.9 Å². The zero-order chi connectivity index (χ0) is 17.9. The van der Waals surface area contributed by atoms with E-state index in [2.05, 4.69) is 10.0 Å². The van der Waals surface area contributed by atoms with Crippen LogP contribution in [0.4, 0.5) is 17.1 Å². The number of rotatable bonds is 5. The molecule has 8 nitrogen and oxygen atoms in total. The van der Waals surface area contributed by atoms with Crippen molar-refractivity contribution in [3.63, 3.8) is 0 Å². The quantitative estimate of drug-likeness (QED) is 0.635. The maximum atomic E-state index is 12.3. The molecule has 2 aromatic rings. The molecule has 0 atom stereocenters. The molecular formula is C15H15N3O5S. The number of aryl methyl sites for hydroxylation is 1. The highest BCUT2D eigenvalue weighted by atomic mass is 32.2. The van der Waals surface area contributed by atoms with Gasteiger partial charge in [0.15, 0.2) is 0 Å². The summed E-state index contributed by atoms with van der Waals surface area (Å²) >= 11 is 0. The molecule has 0 radical (unpaired) electrons. The number of nitrogens with zero attached hydrogens (tertiary/aromatic N) is 1. The Kier molecular flexibility index (Phi) is 4.84. The Bertz CT molecular complexity index is 909. The summed E-state index contributed by atoms with van der Waals surface area (Å²) in [6, 6.07) is 10.1. The first kappa shape index (κ1) is 17.4. The summed E-state index contributed by atoms with van der Waals surface area (Å²) in [7, 11) is -3.47. The molecule has 1 amide bonds. The van der Waals surface area contributed by atoms with Gasteiger partial charge in [0.2, 0.25) is 10.0 Å². The van der Waals surface area contributed by atoms with Gasteiger partial charge < -0.3 is 5.32 Å². The van der Waals surface area contributed by atoms with E-state index in [0.29, 0.717) is 11.3 Å². The van der Waals surface area contributed by atoms with E-state index in [9.17, 15) is 23.3 Å². The highest BCUT2D eigenvalue weighted by Gasteiger charge is 2.12. The number of nitrogens with one attached hydrogen (secondary N) is 2. The monoisotopic (exact) mass is 349 g/mol. The maximum Gasteiger partial charge on any atom is 0.271 e. The number of non-ortho nitro benzene ring substituents is 1. The number of anilines is 2. The van der Waals surface area contributed by atoms with Crippen LogP contribution in [0.1, 0.15) is 15.9 Å². The first-order chi connectivity index (χ1) is 11.2. The minimum absolute atomic E-state index is 0.142. The Labute approximate surface area is 138 Å². The van der Waals surface area contributed by atoms with Crippen molar-refractivity contribution in [2.24, 2.45) is 0 Å². The molecule has 9 heteroatoms. The second kappa shape index (κ2) is 6.67. The lowest BCUT2D eigenvalue weighted by atomic mass is 10.1. The van der Waals surface area contributed by atoms with Gasteiger partial charge in [0, 0.05) is 23.4 Å². The van der Waals surface area contributed by atoms with Gasteiger partial charge in [0.05, 0.1) is 16.9 Å². The molecule has 0 aromatic heterocycles. The molecule has 0 aliphatic carbocycles. The second-order valence-corrected chi connectivity index (χ2v) is 6.91. The second-order valence-electron chi connectivity index (χ2n) is 5.17. The average Bonchev–Trinajstić information content (AvgIpc) is 2.48. The zero-order valence-corrected chi connectivity index (χ0v) is 13.8. The number of benzene rings is 2. The fourth-order valence-electron chi connectivity index (χ4n) is 1.97. The maximum absolute atomic E-state index is 12.3. The Morgan fingerprint density at radius 2 is 1.88 bits per heavy atom. The van der Waals surface area contributed by atoms with Crippen molar-refractivity contribution in [3.8, 4) is 0 Å². The van der Waals surface area contributed by atoms with Crippen LogP contribution in [0.3, 0.4) is 0 Å². The van der Waals surface area contributed by atoms with Crippen LogP contribution in [-0.2, 0) is 10.0 Å². The van der Waals surface area contributed by atoms with Crippen molar-refractivity contribution in [2.45, 2.75) is 6.92 Å². The topological polar surface area (TPSA) is 118 Å². The molecule has 0 aliphatic heterocycles. The van der Waals surface area contributed by atoms with E-state index in [1.165, 1.54) is 36.4 Å². The van der Waals surface area contributed by atoms with E-state index in [0.717, 1.165) is 6.26 Å². The van der Waals surface area contributed by atoms with Gasteiger partial charge in [-0.15, -0.1) is 0 Å². The minimum Gasteiger partial charge on any atom is -0.322 e. The third-order valence-electron chi connectivity index (χ3n) is 3.11. The summed E-state index contributed by atoms with van der Waals surface area (Å²) in [5.41, 5.74) is 1.30. The molecule has 2 rings (SSSR count). The van der Waals surface area contributed by atoms with Gasteiger partial charge >= 0.3 is 0 Å². The molecule has 0 unspecified atom stereocenters. The summed E-state index contributed by atoms with van der Waals surface area (Å²) in [5.74, 6) is -0.507. The summed E-state index contributed by atoms with van der Waals surface area (Å²) < 4.78 is 25.0. The lowest BCUT2D eigenvalue weighted by molar-refractivity contribution is -0.384. The van der Waals surface area contributed by atoms with Crippen LogP contribution < -0.4 is 10.0 Å². The molecule has 0 spiro atoms. The number of amides is 1. The van der Waals surface area contributed by atoms with Crippen molar-refractivity contribution in [3.05, 3.63) is 63.7 Å². The third-order valence-corrected chi connectivity index (χ3v) is 3.70. The predicted octanol–water partition coefficient (Wildman–Crippen LogP) is 2.53. The first-order valence-corrected chi connectivity index (χ1v) is 8.69. The molecule has 0 saturated carbocycles. The van der Waals surface area contributed by atoms with Crippen molar-refractivity contribution in [1.29, 1.82) is 0 Å². The molecule has 0 heterocycles. The molecule has 0 fully saturated rings. The van der Waals surface area contributed by atoms with Crippen molar-refractivity contribution in [2.75, 3.05) is 16.3 Å². The minimum atomic E-state index is -3.47. The standard InChI is InChI=1S/C15H15N3O5S/c1-10-6-7-11(8-14(10)17-24(2,22)23)15(19)16-12-4-3-5-13(9-12)18(20)21/h3-9,17H,1-2H3,(H,16,19). The van der Waals surface area contributed by atoms with Gasteiger partial charge in [-0.1, -0.05) is 12.1 Å². The Morgan fingerprint density at radius 3 is 2.50 bits per heavy atom. The highest BCUT2D eigenvalue weighted by molar-refractivity contribution is 7.92. The predicted molar refractivity (Wildman–Crippen MR) is 90.7 cm³/mol. The fraction of sp³-hybridized carbons (Fsp3) is 0.133. The van der Waals surface area contributed by atoms with E-state index in [-0.39, 0.29) is 16.9 Å². The number of carbonyl (C=O) groups excluding carboxylic acids is 1. The van der Waals surface area contributed by atoms with Crippen LogP contribution in [0.5, 0.6) is 0 Å². The van der Waals surface area contributed by atoms with Crippen LogP contribution in [0.15, 0.2) is 42.5 Å². The lowest BCUT2D eigenvalue weighted by Gasteiger charge is -2.10. The molecule has 0 bridgehead atoms. The van der Waals surface area contributed by atoms with E-state index >= 15 is 0 Å². The van der Waals surface area contributed by atoms with Crippen molar-refractivity contribution in [1.82, 2.24) is 0 Å². The van der Waals surface area contributed by atoms with Crippen LogP contribution >= 0.6 is 0 Å². The molecule has 2 aromatic carbocycles. The SMILES string of the molecule is Cc1ccc(C(=O)Nc2cccc([N+](=O)[O-])c2)cc1NS(C)(=O)=O. The van der Waals surface area contributed by atoms with Crippen LogP contribution in [-0.4, -0.2) is 25.5 Å². The zero-order valence-electron chi connectivity index (χ0n) is 12.9. The first-order valence-electron chi connectivity index (χ1n) is 6.80. The van der Waals surface area contributed by atoms with Gasteiger partial charge in [-0.2, -0.15) is 0 Å². The van der Waals surface area contributed by atoms with E-state index in [1.54, 1.807) is 13.0 Å². The summed E-state index contributed by atoms with van der Waals surface area (Å²) in [4.78, 5) is 22.5. The van der Waals surface area contributed by atoms with E-state index in [1.807, 2.05) is 0 Å². The molecule has 0 saturated heterocycles. The Balaban J connectivity index is 2.25. The van der Waals surface area contributed by atoms with Gasteiger partial charge in [-0.05, 0) is 30.7 Å². The Hall–Kier alpha value is -2.94. The van der Waals surface area contributed by atoms with Crippen LogP contribution in [0.2, 0.25) is 0 Å². The van der Waals surface area contributed by atoms with Crippen LogP contribution in [0, 0.1) is 17.0 Å². The van der Waals surface area contributed by atoms with Crippen molar-refractivity contribution >= 4 is 33.0 Å². The molecular weight excluding hydrogens is 334 g/mol. The van der Waals surface area contributed by atoms with E-state index in [4.69, 9.17) is 0 Å². The largest absolute Gasteiger partial charge is 0.322 e. The number of hydrogen-bond acceptors (Lipinski definition) is 5. The number of sulfonamides is 1. The molecule has 0 aliphatic rings. The molecule has 2 N–H and O–H groups in total. The number of nitro groups is 1. The van der Waals surface area contributed by atoms with Gasteiger partial charge in [0.25, 0.3) is 11.6 Å². The van der Waals surface area contributed by atoms with Gasteiger partial charge in [-0.3, -0.25) is 19.6 Å². The number of nitro benzene ring substituents is 1. The number of carbonyl (C=O) groups is 1. The summed E-state index contributed by atoms with van der Waals surface area (Å²) in [6.45, 7) is 1.70. The number of hydrogen-bond donors (Lipinski definition) is 2. The normalized spacial score (nSPS) is 10.9. The van der Waals surface area contributed by atoms with Crippen molar-refractivity contribution < 1.29 is 18.1 Å². The lowest BCUT2D eigenvalue weighted by Crippen LogP contribution is -2.14. The highest BCUT2D eigenvalue weighted by Crippen LogP contribution is 2.21. The van der Waals surface area contributed by atoms with Gasteiger partial charge in [0.1, 0.15) is 0 Å². The Morgan fingerprint density at radius 1 is 1.17 bits per heavy atom. The molecule has 24 heavy (non-hydrogen) atoms. The fourth-order valence-corrected chi connectivity index (χ4v) is 2.59. The summed E-state index contributed by atoms with van der Waals surface area (Å²) in [6.07, 6.45) is 1.02. The average molecular weight is 349 g/mol. The summed E-state index contributed by atoms with van der Waals surface area (Å²) in [5, 5.41) is 13.3. The van der Waals surface area contributed by atoms with Crippen LogP contribution in [0.25, 0.3) is 0 Å².